The van der Waals surface area contributed by atoms with Gasteiger partial charge in [0.15, 0.2) is 0 Å². The Morgan fingerprint density at radius 2 is 1.87 bits per heavy atom. The van der Waals surface area contributed by atoms with Crippen LogP contribution in [0.4, 0.5) is 0 Å². The molecule has 4 rings (SSSR count). The number of nitrogens with zero attached hydrogens (tertiary/aromatic N) is 3. The van der Waals surface area contributed by atoms with Gasteiger partial charge >= 0.3 is 5.97 Å². The van der Waals surface area contributed by atoms with E-state index in [2.05, 4.69) is 10.1 Å². The molecule has 1 saturated heterocycles. The topological polar surface area (TPSA) is 85.5 Å². The number of rotatable bonds is 5. The fourth-order valence-electron chi connectivity index (χ4n) is 3.98. The largest absolute Gasteiger partial charge is 0.465 e. The summed E-state index contributed by atoms with van der Waals surface area (Å²) in [6.07, 6.45) is 2.58. The van der Waals surface area contributed by atoms with E-state index in [0.29, 0.717) is 42.4 Å². The maximum atomic E-state index is 12.9. The van der Waals surface area contributed by atoms with E-state index >= 15 is 0 Å². The molecule has 7 nitrogen and oxygen atoms in total. The lowest BCUT2D eigenvalue weighted by molar-refractivity contribution is 0.0598. The fraction of sp³-hybridized carbons (Fsp3) is 0.333. The summed E-state index contributed by atoms with van der Waals surface area (Å²) >= 11 is 0. The Bertz CT molecular complexity index is 1070. The number of likely N-dealkylation sites (tertiary alicyclic amines) is 1. The monoisotopic (exact) mass is 419 g/mol. The summed E-state index contributed by atoms with van der Waals surface area (Å²) in [6.45, 7) is 3.37. The van der Waals surface area contributed by atoms with Gasteiger partial charge < -0.3 is 14.2 Å². The first kappa shape index (κ1) is 20.8. The Balaban J connectivity index is 1.40. The van der Waals surface area contributed by atoms with Crippen molar-refractivity contribution in [2.24, 2.45) is 5.92 Å². The molecule has 1 amide bonds. The maximum absolute atomic E-state index is 12.9. The van der Waals surface area contributed by atoms with Gasteiger partial charge in [-0.2, -0.15) is 4.98 Å². The van der Waals surface area contributed by atoms with Crippen LogP contribution in [0, 0.1) is 12.8 Å². The van der Waals surface area contributed by atoms with Crippen molar-refractivity contribution >= 4 is 11.9 Å². The van der Waals surface area contributed by atoms with Crippen molar-refractivity contribution in [1.82, 2.24) is 15.0 Å². The van der Waals surface area contributed by atoms with E-state index in [4.69, 9.17) is 9.26 Å². The molecule has 2 heterocycles. The number of carbonyl (C=O) groups is 2. The highest BCUT2D eigenvalue weighted by molar-refractivity contribution is 5.96. The molecule has 0 radical (unpaired) electrons. The molecule has 1 aliphatic heterocycles. The molecule has 0 spiro atoms. The third-order valence-corrected chi connectivity index (χ3v) is 5.68. The quantitative estimate of drug-likeness (QED) is 0.583. The predicted molar refractivity (Wildman–Crippen MR) is 115 cm³/mol. The van der Waals surface area contributed by atoms with Crippen molar-refractivity contribution in [3.05, 3.63) is 71.1 Å². The second kappa shape index (κ2) is 9.12. The van der Waals surface area contributed by atoms with Crippen LogP contribution < -0.4 is 0 Å². The van der Waals surface area contributed by atoms with Crippen LogP contribution in [0.25, 0.3) is 11.4 Å². The molecule has 0 saturated carbocycles. The van der Waals surface area contributed by atoms with Crippen molar-refractivity contribution in [2.75, 3.05) is 20.2 Å². The number of esters is 1. The molecular formula is C24H25N3O4. The van der Waals surface area contributed by atoms with Crippen LogP contribution in [0.15, 0.2) is 53.1 Å². The minimum absolute atomic E-state index is 0.0350. The summed E-state index contributed by atoms with van der Waals surface area (Å²) in [7, 11) is 1.34. The zero-order chi connectivity index (χ0) is 21.8. The summed E-state index contributed by atoms with van der Waals surface area (Å²) in [6, 6.07) is 14.5. The zero-order valence-corrected chi connectivity index (χ0v) is 17.7. The minimum atomic E-state index is -0.415. The lowest BCUT2D eigenvalue weighted by Gasteiger charge is -2.32. The lowest BCUT2D eigenvalue weighted by atomic mass is 9.94. The third-order valence-electron chi connectivity index (χ3n) is 5.68. The summed E-state index contributed by atoms with van der Waals surface area (Å²) in [5, 5.41) is 4.14. The number of aryl methyl sites for hydroxylation is 1. The molecule has 1 aromatic heterocycles. The zero-order valence-electron chi connectivity index (χ0n) is 17.7. The molecule has 0 N–H and O–H groups in total. The van der Waals surface area contributed by atoms with E-state index < -0.39 is 5.97 Å². The van der Waals surface area contributed by atoms with E-state index in [1.165, 1.54) is 7.11 Å². The molecule has 2 aromatic carbocycles. The van der Waals surface area contributed by atoms with Gasteiger partial charge in [0.25, 0.3) is 5.91 Å². The normalized spacial score (nSPS) is 16.2. The molecule has 1 atom stereocenters. The predicted octanol–water partition coefficient (Wildman–Crippen LogP) is 3.93. The number of hydrogen-bond donors (Lipinski definition) is 0. The van der Waals surface area contributed by atoms with Crippen LogP contribution in [0.5, 0.6) is 0 Å². The average Bonchev–Trinajstić information content (AvgIpc) is 3.26. The number of amides is 1. The summed E-state index contributed by atoms with van der Waals surface area (Å²) < 4.78 is 10.2. The van der Waals surface area contributed by atoms with Crippen molar-refractivity contribution in [3.63, 3.8) is 0 Å². The van der Waals surface area contributed by atoms with Crippen molar-refractivity contribution in [3.8, 4) is 11.4 Å². The van der Waals surface area contributed by atoms with Gasteiger partial charge in [-0.15, -0.1) is 0 Å². The number of methoxy groups -OCH3 is 1. The number of ether oxygens (including phenoxy) is 1. The van der Waals surface area contributed by atoms with Crippen molar-refractivity contribution < 1.29 is 18.8 Å². The second-order valence-corrected chi connectivity index (χ2v) is 7.86. The Morgan fingerprint density at radius 1 is 1.13 bits per heavy atom. The second-order valence-electron chi connectivity index (χ2n) is 7.86. The van der Waals surface area contributed by atoms with Gasteiger partial charge in [0.2, 0.25) is 11.7 Å². The summed E-state index contributed by atoms with van der Waals surface area (Å²) in [4.78, 5) is 31.0. The van der Waals surface area contributed by atoms with Crippen LogP contribution in [0.2, 0.25) is 0 Å². The number of carbonyl (C=O) groups excluding carboxylic acids is 2. The maximum Gasteiger partial charge on any atom is 0.337 e. The van der Waals surface area contributed by atoms with Gasteiger partial charge in [-0.3, -0.25) is 4.79 Å². The highest BCUT2D eigenvalue weighted by atomic mass is 16.5. The Morgan fingerprint density at radius 3 is 2.61 bits per heavy atom. The molecule has 7 heteroatoms. The molecule has 0 bridgehead atoms. The molecule has 31 heavy (non-hydrogen) atoms. The molecule has 3 aromatic rings. The number of hydrogen-bond acceptors (Lipinski definition) is 6. The standard InChI is InChI=1S/C24H25N3O4/c1-16-6-3-4-8-20(16)22-25-21(31-26-22)14-17-7-5-13-27(15-17)23(28)18-9-11-19(12-10-18)24(29)30-2/h3-4,6,8-12,17H,5,7,13-15H2,1-2H3. The molecule has 0 aliphatic carbocycles. The smallest absolute Gasteiger partial charge is 0.337 e. The Hall–Kier alpha value is -3.48. The van der Waals surface area contributed by atoms with Crippen molar-refractivity contribution in [2.45, 2.75) is 26.2 Å². The summed E-state index contributed by atoms with van der Waals surface area (Å²) in [5.41, 5.74) is 3.06. The molecule has 1 aliphatic rings. The SMILES string of the molecule is COC(=O)c1ccc(C(=O)N2CCCC(Cc3nc(-c4ccccc4C)no3)C2)cc1. The first-order valence-corrected chi connectivity index (χ1v) is 10.4. The van der Waals surface area contributed by atoms with Gasteiger partial charge in [0.05, 0.1) is 12.7 Å². The van der Waals surface area contributed by atoms with Crippen LogP contribution in [-0.2, 0) is 11.2 Å². The summed E-state index contributed by atoms with van der Waals surface area (Å²) in [5.74, 6) is 1.01. The average molecular weight is 419 g/mol. The van der Waals surface area contributed by atoms with E-state index in [1.54, 1.807) is 24.3 Å². The lowest BCUT2D eigenvalue weighted by Crippen LogP contribution is -2.40. The first-order chi connectivity index (χ1) is 15.0. The number of benzene rings is 2. The Kier molecular flexibility index (Phi) is 6.11. The highest BCUT2D eigenvalue weighted by Crippen LogP contribution is 2.24. The molecule has 1 fully saturated rings. The number of piperidine rings is 1. The third kappa shape index (κ3) is 4.66. The van der Waals surface area contributed by atoms with Crippen LogP contribution in [0.1, 0.15) is 45.0 Å². The van der Waals surface area contributed by atoms with Crippen LogP contribution >= 0.6 is 0 Å². The van der Waals surface area contributed by atoms with Crippen molar-refractivity contribution in [1.29, 1.82) is 0 Å². The van der Waals surface area contributed by atoms with Gasteiger partial charge in [-0.05, 0) is 55.5 Å². The number of aromatic nitrogens is 2. The minimum Gasteiger partial charge on any atom is -0.465 e. The van der Waals surface area contributed by atoms with E-state index in [9.17, 15) is 9.59 Å². The Labute approximate surface area is 181 Å². The molecule has 160 valence electrons. The van der Waals surface area contributed by atoms with Gasteiger partial charge in [0, 0.05) is 30.6 Å². The van der Waals surface area contributed by atoms with Gasteiger partial charge in [0.1, 0.15) is 0 Å². The fourth-order valence-corrected chi connectivity index (χ4v) is 3.98. The van der Waals surface area contributed by atoms with Gasteiger partial charge in [-0.1, -0.05) is 29.4 Å². The van der Waals surface area contributed by atoms with E-state index in [0.717, 1.165) is 24.0 Å². The molecule has 1 unspecified atom stereocenters. The van der Waals surface area contributed by atoms with Crippen LogP contribution in [-0.4, -0.2) is 47.1 Å². The van der Waals surface area contributed by atoms with E-state index in [1.807, 2.05) is 36.1 Å². The highest BCUT2D eigenvalue weighted by Gasteiger charge is 2.26. The van der Waals surface area contributed by atoms with Gasteiger partial charge in [-0.25, -0.2) is 4.79 Å². The van der Waals surface area contributed by atoms with E-state index in [-0.39, 0.29) is 11.8 Å². The first-order valence-electron chi connectivity index (χ1n) is 10.4. The van der Waals surface area contributed by atoms with Crippen LogP contribution in [0.3, 0.4) is 0 Å². The molecular weight excluding hydrogens is 394 g/mol.